The molecule has 88 valence electrons. The molecule has 0 saturated heterocycles. The van der Waals surface area contributed by atoms with Crippen LogP contribution in [0.1, 0.15) is 15.5 Å². The Morgan fingerprint density at radius 2 is 2.38 bits per heavy atom. The largest absolute Gasteiger partial charge is 0.479 e. The van der Waals surface area contributed by atoms with E-state index in [9.17, 15) is 9.59 Å². The molecule has 1 heterocycles. The zero-order valence-corrected chi connectivity index (χ0v) is 9.12. The number of carboxylic acid groups (broad SMARTS) is 1. The van der Waals surface area contributed by atoms with E-state index in [-0.39, 0.29) is 5.69 Å². The molecular weight excluding hydrogens is 234 g/mol. The van der Waals surface area contributed by atoms with Crippen molar-refractivity contribution in [3.63, 3.8) is 0 Å². The lowest BCUT2D eigenvalue weighted by atomic mass is 10.4. The average Bonchev–Trinajstić information content (AvgIpc) is 2.66. The molecule has 0 fully saturated rings. The van der Waals surface area contributed by atoms with Crippen molar-refractivity contribution in [2.45, 2.75) is 6.42 Å². The van der Waals surface area contributed by atoms with Crippen LogP contribution in [-0.4, -0.2) is 35.1 Å². The van der Waals surface area contributed by atoms with E-state index >= 15 is 0 Å². The van der Waals surface area contributed by atoms with Gasteiger partial charge in [-0.2, -0.15) is 0 Å². The molecular formula is C8H11N3O4S. The van der Waals surface area contributed by atoms with E-state index in [0.29, 0.717) is 13.0 Å². The summed E-state index contributed by atoms with van der Waals surface area (Å²) in [5.74, 6) is -1.73. The van der Waals surface area contributed by atoms with Gasteiger partial charge in [0.05, 0.1) is 5.01 Å². The van der Waals surface area contributed by atoms with Gasteiger partial charge in [0.25, 0.3) is 5.91 Å². The standard InChI is InChI=1S/C8H11N3O4S/c9-2-1-6-10-5(4-16-6)8(14)11-15-3-7(12)13/h4H,1-3,9H2,(H,11,14)(H,12,13). The van der Waals surface area contributed by atoms with Crippen LogP contribution in [0.25, 0.3) is 0 Å². The third-order valence-electron chi connectivity index (χ3n) is 1.50. The summed E-state index contributed by atoms with van der Waals surface area (Å²) < 4.78 is 0. The second-order valence-electron chi connectivity index (χ2n) is 2.78. The Kier molecular flexibility index (Phi) is 4.83. The molecule has 0 aliphatic rings. The first kappa shape index (κ1) is 12.6. The van der Waals surface area contributed by atoms with Crippen molar-refractivity contribution >= 4 is 23.2 Å². The maximum Gasteiger partial charge on any atom is 0.332 e. The number of carboxylic acids is 1. The molecule has 1 amide bonds. The normalized spacial score (nSPS) is 10.1. The number of hydrogen-bond donors (Lipinski definition) is 3. The zero-order valence-electron chi connectivity index (χ0n) is 8.30. The van der Waals surface area contributed by atoms with Crippen molar-refractivity contribution in [2.75, 3.05) is 13.2 Å². The molecule has 0 aromatic carbocycles. The monoisotopic (exact) mass is 245 g/mol. The number of amides is 1. The molecule has 1 rings (SSSR count). The lowest BCUT2D eigenvalue weighted by Crippen LogP contribution is -2.26. The molecule has 16 heavy (non-hydrogen) atoms. The number of nitrogens with zero attached hydrogens (tertiary/aromatic N) is 1. The summed E-state index contributed by atoms with van der Waals surface area (Å²) in [4.78, 5) is 29.8. The van der Waals surface area contributed by atoms with Crippen LogP contribution < -0.4 is 11.2 Å². The van der Waals surface area contributed by atoms with Gasteiger partial charge < -0.3 is 10.8 Å². The van der Waals surface area contributed by atoms with E-state index in [2.05, 4.69) is 9.82 Å². The summed E-state index contributed by atoms with van der Waals surface area (Å²) in [5.41, 5.74) is 7.51. The van der Waals surface area contributed by atoms with E-state index in [0.717, 1.165) is 5.01 Å². The molecule has 0 aliphatic heterocycles. The fraction of sp³-hybridized carbons (Fsp3) is 0.375. The van der Waals surface area contributed by atoms with Gasteiger partial charge in [-0.05, 0) is 6.54 Å². The Labute approximate surface area is 95.2 Å². The zero-order chi connectivity index (χ0) is 12.0. The molecule has 1 aromatic rings. The average molecular weight is 245 g/mol. The molecule has 0 radical (unpaired) electrons. The van der Waals surface area contributed by atoms with Crippen molar-refractivity contribution in [1.82, 2.24) is 10.5 Å². The molecule has 0 atom stereocenters. The number of carbonyl (C=O) groups is 2. The minimum Gasteiger partial charge on any atom is -0.479 e. The second kappa shape index (κ2) is 6.16. The maximum atomic E-state index is 11.3. The summed E-state index contributed by atoms with van der Waals surface area (Å²) in [6, 6.07) is 0. The number of thiazole rings is 1. The van der Waals surface area contributed by atoms with Gasteiger partial charge >= 0.3 is 5.97 Å². The molecule has 7 nitrogen and oxygen atoms in total. The molecule has 4 N–H and O–H groups in total. The van der Waals surface area contributed by atoms with Gasteiger partial charge in [-0.15, -0.1) is 11.3 Å². The van der Waals surface area contributed by atoms with Crippen LogP contribution in [0.3, 0.4) is 0 Å². The Balaban J connectivity index is 2.43. The molecule has 0 bridgehead atoms. The van der Waals surface area contributed by atoms with E-state index in [1.54, 1.807) is 5.38 Å². The van der Waals surface area contributed by atoms with E-state index in [1.807, 2.05) is 5.48 Å². The Hall–Kier alpha value is -1.51. The Morgan fingerprint density at radius 1 is 1.62 bits per heavy atom. The first-order valence-electron chi connectivity index (χ1n) is 4.42. The highest BCUT2D eigenvalue weighted by atomic mass is 32.1. The van der Waals surface area contributed by atoms with Gasteiger partial charge in [0.2, 0.25) is 0 Å². The third kappa shape index (κ3) is 3.93. The fourth-order valence-electron chi connectivity index (χ4n) is 0.869. The number of aromatic nitrogens is 1. The van der Waals surface area contributed by atoms with Gasteiger partial charge in [0.15, 0.2) is 6.61 Å². The third-order valence-corrected chi connectivity index (χ3v) is 2.41. The highest BCUT2D eigenvalue weighted by Gasteiger charge is 2.10. The lowest BCUT2D eigenvalue weighted by Gasteiger charge is -2.00. The van der Waals surface area contributed by atoms with Crippen LogP contribution in [0.4, 0.5) is 0 Å². The van der Waals surface area contributed by atoms with Crippen LogP contribution in [0.5, 0.6) is 0 Å². The first-order chi connectivity index (χ1) is 7.63. The van der Waals surface area contributed by atoms with Crippen LogP contribution in [-0.2, 0) is 16.1 Å². The van der Waals surface area contributed by atoms with Crippen LogP contribution in [0.2, 0.25) is 0 Å². The lowest BCUT2D eigenvalue weighted by molar-refractivity contribution is -0.144. The van der Waals surface area contributed by atoms with Gasteiger partial charge in [0, 0.05) is 11.8 Å². The molecule has 0 unspecified atom stereocenters. The number of hydroxylamine groups is 1. The van der Waals surface area contributed by atoms with Gasteiger partial charge in [-0.3, -0.25) is 9.63 Å². The number of nitrogens with one attached hydrogen (secondary N) is 1. The SMILES string of the molecule is NCCc1nc(C(=O)NOCC(=O)O)cs1. The Bertz CT molecular complexity index is 379. The minimum absolute atomic E-state index is 0.193. The van der Waals surface area contributed by atoms with Crippen LogP contribution in [0.15, 0.2) is 5.38 Å². The van der Waals surface area contributed by atoms with Crippen molar-refractivity contribution in [1.29, 1.82) is 0 Å². The van der Waals surface area contributed by atoms with Gasteiger partial charge in [-0.1, -0.05) is 0 Å². The van der Waals surface area contributed by atoms with Crippen molar-refractivity contribution in [3.05, 3.63) is 16.1 Å². The van der Waals surface area contributed by atoms with Crippen molar-refractivity contribution < 1.29 is 19.5 Å². The van der Waals surface area contributed by atoms with Crippen molar-refractivity contribution in [2.24, 2.45) is 5.73 Å². The van der Waals surface area contributed by atoms with Crippen molar-refractivity contribution in [3.8, 4) is 0 Å². The summed E-state index contributed by atoms with van der Waals surface area (Å²) in [6.45, 7) is -0.129. The number of nitrogens with two attached hydrogens (primary N) is 1. The number of rotatable bonds is 6. The van der Waals surface area contributed by atoms with Crippen LogP contribution in [0, 0.1) is 0 Å². The van der Waals surface area contributed by atoms with E-state index in [4.69, 9.17) is 10.8 Å². The van der Waals surface area contributed by atoms with Gasteiger partial charge in [-0.25, -0.2) is 15.3 Å². The summed E-state index contributed by atoms with van der Waals surface area (Å²) >= 11 is 1.32. The Morgan fingerprint density at radius 3 is 3.00 bits per heavy atom. The summed E-state index contributed by atoms with van der Waals surface area (Å²) in [5, 5.41) is 10.6. The predicted molar refractivity (Wildman–Crippen MR) is 55.9 cm³/mol. The fourth-order valence-corrected chi connectivity index (χ4v) is 1.66. The highest BCUT2D eigenvalue weighted by molar-refractivity contribution is 7.09. The second-order valence-corrected chi connectivity index (χ2v) is 3.72. The molecule has 0 spiro atoms. The van der Waals surface area contributed by atoms with E-state index in [1.165, 1.54) is 11.3 Å². The maximum absolute atomic E-state index is 11.3. The van der Waals surface area contributed by atoms with Crippen LogP contribution >= 0.6 is 11.3 Å². The number of hydrogen-bond acceptors (Lipinski definition) is 6. The molecule has 8 heteroatoms. The highest BCUT2D eigenvalue weighted by Crippen LogP contribution is 2.09. The molecule has 1 aromatic heterocycles. The first-order valence-corrected chi connectivity index (χ1v) is 5.30. The van der Waals surface area contributed by atoms with E-state index < -0.39 is 18.5 Å². The molecule has 0 saturated carbocycles. The smallest absolute Gasteiger partial charge is 0.332 e. The number of aliphatic carboxylic acids is 1. The molecule has 0 aliphatic carbocycles. The summed E-state index contributed by atoms with van der Waals surface area (Å²) in [6.07, 6.45) is 0.605. The minimum atomic E-state index is -1.16. The quantitative estimate of drug-likeness (QED) is 0.576. The van der Waals surface area contributed by atoms with Gasteiger partial charge in [0.1, 0.15) is 5.69 Å². The predicted octanol–water partition coefficient (Wildman–Crippen LogP) is -0.610. The number of carbonyl (C=O) groups excluding carboxylic acids is 1. The topological polar surface area (TPSA) is 115 Å². The summed E-state index contributed by atoms with van der Waals surface area (Å²) in [7, 11) is 0.